The maximum Gasteiger partial charge on any atom is 0.271 e. The predicted octanol–water partition coefficient (Wildman–Crippen LogP) is 0.500. The fourth-order valence-electron chi connectivity index (χ4n) is 2.10. The molecule has 0 aliphatic heterocycles. The lowest BCUT2D eigenvalue weighted by Gasteiger charge is -2.08. The number of nitrogens with zero attached hydrogens (tertiary/aromatic N) is 4. The Morgan fingerprint density at radius 3 is 2.85 bits per heavy atom. The van der Waals surface area contributed by atoms with E-state index in [0.29, 0.717) is 30.2 Å². The van der Waals surface area contributed by atoms with Crippen LogP contribution in [-0.2, 0) is 20.0 Å². The Morgan fingerprint density at radius 2 is 2.25 bits per heavy atom. The number of anilines is 1. The Morgan fingerprint density at radius 1 is 1.50 bits per heavy atom. The van der Waals surface area contributed by atoms with E-state index >= 15 is 0 Å². The van der Waals surface area contributed by atoms with E-state index < -0.39 is 0 Å². The third-order valence-corrected chi connectivity index (χ3v) is 3.28. The van der Waals surface area contributed by atoms with Gasteiger partial charge in [0.15, 0.2) is 0 Å². The number of nitrogen functional groups attached to an aromatic ring is 1. The largest absolute Gasteiger partial charge is 0.395 e. The van der Waals surface area contributed by atoms with Gasteiger partial charge in [-0.15, -0.1) is 0 Å². The first-order chi connectivity index (χ1) is 9.54. The topological polar surface area (TPSA) is 90.8 Å². The van der Waals surface area contributed by atoms with Crippen LogP contribution in [0.15, 0.2) is 12.3 Å². The highest BCUT2D eigenvalue weighted by Gasteiger charge is 2.18. The zero-order chi connectivity index (χ0) is 14.7. The maximum atomic E-state index is 12.2. The number of hydrogen-bond acceptors (Lipinski definition) is 4. The molecular weight excluding hydrogens is 256 g/mol. The third kappa shape index (κ3) is 2.66. The number of nitrogens with two attached hydrogens (primary N) is 1. The van der Waals surface area contributed by atoms with Crippen molar-refractivity contribution >= 4 is 11.6 Å². The summed E-state index contributed by atoms with van der Waals surface area (Å²) in [4.78, 5) is 12.2. The first-order valence-corrected chi connectivity index (χ1v) is 6.62. The molecule has 2 aromatic heterocycles. The van der Waals surface area contributed by atoms with Crippen LogP contribution in [0.25, 0.3) is 0 Å². The van der Waals surface area contributed by atoms with E-state index in [1.807, 2.05) is 20.0 Å². The molecule has 0 saturated heterocycles. The molecule has 0 atom stereocenters. The molecule has 0 radical (unpaired) electrons. The van der Waals surface area contributed by atoms with Crippen molar-refractivity contribution < 1.29 is 4.79 Å². The maximum absolute atomic E-state index is 12.2. The van der Waals surface area contributed by atoms with E-state index in [1.54, 1.807) is 22.5 Å². The van der Waals surface area contributed by atoms with Gasteiger partial charge in [0.05, 0.1) is 11.4 Å². The molecule has 7 heteroatoms. The molecule has 2 aromatic rings. The minimum atomic E-state index is -0.188. The van der Waals surface area contributed by atoms with Crippen molar-refractivity contribution in [1.82, 2.24) is 24.9 Å². The zero-order valence-corrected chi connectivity index (χ0v) is 12.1. The van der Waals surface area contributed by atoms with Crippen molar-refractivity contribution in [2.45, 2.75) is 26.8 Å². The van der Waals surface area contributed by atoms with Crippen molar-refractivity contribution in [3.05, 3.63) is 29.3 Å². The summed E-state index contributed by atoms with van der Waals surface area (Å²) in [6.45, 7) is 4.88. The quantitative estimate of drug-likeness (QED) is 0.832. The first kappa shape index (κ1) is 14.1. The molecule has 7 nitrogen and oxygen atoms in total. The SMILES string of the molecule is CCn1nc(C)c(N)c1C(=O)NCCc1ccnn1C. The molecule has 0 aromatic carbocycles. The molecule has 0 unspecified atom stereocenters. The van der Waals surface area contributed by atoms with Gasteiger partial charge >= 0.3 is 0 Å². The molecule has 2 heterocycles. The Balaban J connectivity index is 2.00. The van der Waals surface area contributed by atoms with E-state index in [-0.39, 0.29) is 5.91 Å². The number of aryl methyl sites for hydroxylation is 3. The molecule has 108 valence electrons. The van der Waals surface area contributed by atoms with Gasteiger partial charge < -0.3 is 11.1 Å². The van der Waals surface area contributed by atoms with Crippen LogP contribution in [0, 0.1) is 6.92 Å². The highest BCUT2D eigenvalue weighted by Crippen LogP contribution is 2.16. The van der Waals surface area contributed by atoms with E-state index in [9.17, 15) is 4.79 Å². The van der Waals surface area contributed by atoms with Crippen LogP contribution in [0.4, 0.5) is 5.69 Å². The van der Waals surface area contributed by atoms with Crippen molar-refractivity contribution in [1.29, 1.82) is 0 Å². The van der Waals surface area contributed by atoms with Crippen molar-refractivity contribution in [2.24, 2.45) is 7.05 Å². The number of carbonyl (C=O) groups is 1. The van der Waals surface area contributed by atoms with Gasteiger partial charge in [0.25, 0.3) is 5.91 Å². The highest BCUT2D eigenvalue weighted by atomic mass is 16.2. The Labute approximate surface area is 117 Å². The minimum Gasteiger partial charge on any atom is -0.395 e. The van der Waals surface area contributed by atoms with Gasteiger partial charge in [-0.3, -0.25) is 14.2 Å². The smallest absolute Gasteiger partial charge is 0.271 e. The van der Waals surface area contributed by atoms with Crippen LogP contribution in [0.3, 0.4) is 0 Å². The van der Waals surface area contributed by atoms with Gasteiger partial charge in [-0.05, 0) is 19.9 Å². The van der Waals surface area contributed by atoms with E-state index in [1.165, 1.54) is 0 Å². The number of amides is 1. The molecule has 1 amide bonds. The molecule has 0 bridgehead atoms. The summed E-state index contributed by atoms with van der Waals surface area (Å²) in [6.07, 6.45) is 2.46. The van der Waals surface area contributed by atoms with Crippen LogP contribution >= 0.6 is 0 Å². The summed E-state index contributed by atoms with van der Waals surface area (Å²) in [5, 5.41) is 11.2. The highest BCUT2D eigenvalue weighted by molar-refractivity contribution is 5.97. The molecule has 0 aliphatic carbocycles. The fraction of sp³-hybridized carbons (Fsp3) is 0.462. The lowest BCUT2D eigenvalue weighted by molar-refractivity contribution is 0.0944. The summed E-state index contributed by atoms with van der Waals surface area (Å²) in [7, 11) is 1.88. The van der Waals surface area contributed by atoms with Gasteiger partial charge in [0.2, 0.25) is 0 Å². The summed E-state index contributed by atoms with van der Waals surface area (Å²) < 4.78 is 3.42. The van der Waals surface area contributed by atoms with Crippen LogP contribution in [0.5, 0.6) is 0 Å². The molecule has 3 N–H and O–H groups in total. The third-order valence-electron chi connectivity index (χ3n) is 3.28. The summed E-state index contributed by atoms with van der Waals surface area (Å²) in [5.74, 6) is -0.188. The fourth-order valence-corrected chi connectivity index (χ4v) is 2.10. The number of carbonyl (C=O) groups excluding carboxylic acids is 1. The average molecular weight is 276 g/mol. The van der Waals surface area contributed by atoms with Crippen LogP contribution in [-0.4, -0.2) is 32.0 Å². The zero-order valence-electron chi connectivity index (χ0n) is 12.1. The lowest BCUT2D eigenvalue weighted by Crippen LogP contribution is -2.29. The monoisotopic (exact) mass is 276 g/mol. The number of hydrogen-bond donors (Lipinski definition) is 2. The summed E-state index contributed by atoms with van der Waals surface area (Å²) >= 11 is 0. The van der Waals surface area contributed by atoms with E-state index in [4.69, 9.17) is 5.73 Å². The van der Waals surface area contributed by atoms with Gasteiger partial charge in [-0.1, -0.05) is 0 Å². The second-order valence-corrected chi connectivity index (χ2v) is 4.62. The molecule has 0 spiro atoms. The van der Waals surface area contributed by atoms with Crippen LogP contribution < -0.4 is 11.1 Å². The summed E-state index contributed by atoms with van der Waals surface area (Å²) in [5.41, 5.74) is 8.55. The number of rotatable bonds is 5. The van der Waals surface area contributed by atoms with Crippen LogP contribution in [0.2, 0.25) is 0 Å². The Bertz CT molecular complexity index is 612. The van der Waals surface area contributed by atoms with Crippen molar-refractivity contribution in [3.8, 4) is 0 Å². The number of nitrogens with one attached hydrogen (secondary N) is 1. The van der Waals surface area contributed by atoms with Crippen molar-refractivity contribution in [2.75, 3.05) is 12.3 Å². The summed E-state index contributed by atoms with van der Waals surface area (Å²) in [6, 6.07) is 1.93. The molecule has 2 rings (SSSR count). The van der Waals surface area contributed by atoms with E-state index in [0.717, 1.165) is 12.1 Å². The predicted molar refractivity (Wildman–Crippen MR) is 76.3 cm³/mol. The van der Waals surface area contributed by atoms with Crippen LogP contribution in [0.1, 0.15) is 28.8 Å². The second-order valence-electron chi connectivity index (χ2n) is 4.62. The van der Waals surface area contributed by atoms with Crippen molar-refractivity contribution in [3.63, 3.8) is 0 Å². The molecule has 0 aliphatic rings. The minimum absolute atomic E-state index is 0.188. The molecule has 0 fully saturated rings. The molecule has 0 saturated carbocycles. The van der Waals surface area contributed by atoms with E-state index in [2.05, 4.69) is 15.5 Å². The van der Waals surface area contributed by atoms with Gasteiger partial charge in [0, 0.05) is 38.4 Å². The molecule has 20 heavy (non-hydrogen) atoms. The van der Waals surface area contributed by atoms with Gasteiger partial charge in [-0.25, -0.2) is 0 Å². The molecular formula is C13H20N6O. The Hall–Kier alpha value is -2.31. The standard InChI is InChI=1S/C13H20N6O/c1-4-19-12(11(14)9(2)17-19)13(20)15-7-5-10-6-8-16-18(10)3/h6,8H,4-5,7,14H2,1-3H3,(H,15,20). The Kier molecular flexibility index (Phi) is 4.07. The lowest BCUT2D eigenvalue weighted by atomic mass is 10.2. The van der Waals surface area contributed by atoms with Gasteiger partial charge in [-0.2, -0.15) is 10.2 Å². The van der Waals surface area contributed by atoms with Gasteiger partial charge in [0.1, 0.15) is 5.69 Å². The normalized spacial score (nSPS) is 10.8. The second kappa shape index (κ2) is 5.77. The number of aromatic nitrogens is 4. The average Bonchev–Trinajstić information content (AvgIpc) is 2.95. The first-order valence-electron chi connectivity index (χ1n) is 6.62.